The Morgan fingerprint density at radius 1 is 1.05 bits per heavy atom. The second-order valence-corrected chi connectivity index (χ2v) is 5.11. The lowest BCUT2D eigenvalue weighted by molar-refractivity contribution is -0.137. The normalized spacial score (nSPS) is 12.7. The number of hydrogen-bond acceptors (Lipinski definition) is 1. The number of hydrogen-bond donors (Lipinski definition) is 1. The van der Waals surface area contributed by atoms with Gasteiger partial charge in [0.1, 0.15) is 0 Å². The van der Waals surface area contributed by atoms with E-state index in [9.17, 15) is 18.0 Å². The molecular formula is C17H16F3NO. The van der Waals surface area contributed by atoms with Crippen molar-refractivity contribution in [2.75, 3.05) is 5.32 Å². The molecule has 5 heteroatoms. The number of alkyl halides is 3. The maximum Gasteiger partial charge on any atom is 0.418 e. The lowest BCUT2D eigenvalue weighted by Crippen LogP contribution is -2.18. The van der Waals surface area contributed by atoms with E-state index in [0.29, 0.717) is 0 Å². The molecule has 0 saturated carbocycles. The predicted molar refractivity (Wildman–Crippen MR) is 79.5 cm³/mol. The van der Waals surface area contributed by atoms with Crippen LogP contribution in [0.2, 0.25) is 0 Å². The van der Waals surface area contributed by atoms with Gasteiger partial charge in [-0.05, 0) is 23.6 Å². The summed E-state index contributed by atoms with van der Waals surface area (Å²) in [6.45, 7) is 1.87. The number of anilines is 1. The molecule has 0 fully saturated rings. The standard InChI is InChI=1S/C17H16F3NO/c1-12(13-7-3-2-4-8-13)11-16(22)21-15-10-6-5-9-14(15)17(18,19)20/h2-10,12H,11H2,1H3,(H,21,22)/t12-/m1/s1. The molecule has 1 N–H and O–H groups in total. The number of amides is 1. The molecular weight excluding hydrogens is 291 g/mol. The number of carbonyl (C=O) groups excluding carboxylic acids is 1. The minimum absolute atomic E-state index is 0.0701. The van der Waals surface area contributed by atoms with Gasteiger partial charge in [-0.3, -0.25) is 4.79 Å². The number of carbonyl (C=O) groups is 1. The van der Waals surface area contributed by atoms with Crippen molar-refractivity contribution in [1.29, 1.82) is 0 Å². The lowest BCUT2D eigenvalue weighted by atomic mass is 9.97. The fourth-order valence-corrected chi connectivity index (χ4v) is 2.22. The first-order valence-corrected chi connectivity index (χ1v) is 6.89. The molecule has 22 heavy (non-hydrogen) atoms. The van der Waals surface area contributed by atoms with Crippen LogP contribution in [-0.2, 0) is 11.0 Å². The molecule has 2 rings (SSSR count). The Bertz CT molecular complexity index is 638. The molecule has 0 spiro atoms. The summed E-state index contributed by atoms with van der Waals surface area (Å²) < 4.78 is 38.6. The zero-order chi connectivity index (χ0) is 16.2. The summed E-state index contributed by atoms with van der Waals surface area (Å²) in [4.78, 5) is 12.0. The predicted octanol–water partition coefficient (Wildman–Crippen LogP) is 4.84. The lowest BCUT2D eigenvalue weighted by Gasteiger charge is -2.15. The Morgan fingerprint density at radius 2 is 1.64 bits per heavy atom. The molecule has 116 valence electrons. The Labute approximate surface area is 127 Å². The zero-order valence-electron chi connectivity index (χ0n) is 12.0. The van der Waals surface area contributed by atoms with E-state index >= 15 is 0 Å². The first-order valence-electron chi connectivity index (χ1n) is 6.89. The maximum atomic E-state index is 12.9. The van der Waals surface area contributed by atoms with E-state index < -0.39 is 17.6 Å². The largest absolute Gasteiger partial charge is 0.418 e. The molecule has 1 amide bonds. The van der Waals surface area contributed by atoms with E-state index in [-0.39, 0.29) is 18.0 Å². The van der Waals surface area contributed by atoms with E-state index in [1.165, 1.54) is 18.2 Å². The molecule has 0 saturated heterocycles. The van der Waals surface area contributed by atoms with Gasteiger partial charge >= 0.3 is 6.18 Å². The summed E-state index contributed by atoms with van der Waals surface area (Å²) in [5.41, 5.74) is -0.0715. The van der Waals surface area contributed by atoms with Crippen LogP contribution in [0.25, 0.3) is 0 Å². The van der Waals surface area contributed by atoms with E-state index in [1.807, 2.05) is 37.3 Å². The molecule has 0 bridgehead atoms. The summed E-state index contributed by atoms with van der Waals surface area (Å²) >= 11 is 0. The molecule has 0 unspecified atom stereocenters. The van der Waals surface area contributed by atoms with Gasteiger partial charge in [0.25, 0.3) is 0 Å². The monoisotopic (exact) mass is 307 g/mol. The van der Waals surface area contributed by atoms with Gasteiger partial charge in [0.15, 0.2) is 0 Å². The molecule has 2 aromatic rings. The molecule has 2 nitrogen and oxygen atoms in total. The fraction of sp³-hybridized carbons (Fsp3) is 0.235. The van der Waals surface area contributed by atoms with Crippen molar-refractivity contribution >= 4 is 11.6 Å². The Morgan fingerprint density at radius 3 is 2.27 bits per heavy atom. The topological polar surface area (TPSA) is 29.1 Å². The van der Waals surface area contributed by atoms with Crippen LogP contribution < -0.4 is 5.32 Å². The third-order valence-corrected chi connectivity index (χ3v) is 3.37. The van der Waals surface area contributed by atoms with Crippen molar-refractivity contribution in [3.63, 3.8) is 0 Å². The molecule has 0 radical (unpaired) electrons. The van der Waals surface area contributed by atoms with Crippen molar-refractivity contribution in [2.45, 2.75) is 25.4 Å². The minimum atomic E-state index is -4.49. The SMILES string of the molecule is C[C@H](CC(=O)Nc1ccccc1C(F)(F)F)c1ccccc1. The van der Waals surface area contributed by atoms with Crippen LogP contribution in [0.4, 0.5) is 18.9 Å². The van der Waals surface area contributed by atoms with Crippen molar-refractivity contribution in [2.24, 2.45) is 0 Å². The molecule has 0 aliphatic heterocycles. The minimum Gasteiger partial charge on any atom is -0.325 e. The number of benzene rings is 2. The van der Waals surface area contributed by atoms with Crippen LogP contribution in [0.1, 0.15) is 30.4 Å². The summed E-state index contributed by atoms with van der Waals surface area (Å²) in [5, 5.41) is 2.36. The number of para-hydroxylation sites is 1. The van der Waals surface area contributed by atoms with Gasteiger partial charge < -0.3 is 5.32 Å². The van der Waals surface area contributed by atoms with E-state index in [1.54, 1.807) is 0 Å². The van der Waals surface area contributed by atoms with Crippen LogP contribution >= 0.6 is 0 Å². The Hall–Kier alpha value is -2.30. The molecule has 0 aromatic heterocycles. The van der Waals surface area contributed by atoms with Gasteiger partial charge in [0, 0.05) is 6.42 Å². The number of halogens is 3. The Kier molecular flexibility index (Phi) is 4.85. The molecule has 0 aliphatic carbocycles. The fourth-order valence-electron chi connectivity index (χ4n) is 2.22. The highest BCUT2D eigenvalue weighted by Gasteiger charge is 2.33. The smallest absolute Gasteiger partial charge is 0.325 e. The maximum absolute atomic E-state index is 12.9. The van der Waals surface area contributed by atoms with Gasteiger partial charge in [-0.1, -0.05) is 49.4 Å². The third-order valence-electron chi connectivity index (χ3n) is 3.37. The third kappa shape index (κ3) is 4.10. The van der Waals surface area contributed by atoms with Crippen LogP contribution in [0.15, 0.2) is 54.6 Å². The highest BCUT2D eigenvalue weighted by Crippen LogP contribution is 2.34. The van der Waals surface area contributed by atoms with E-state index in [4.69, 9.17) is 0 Å². The highest BCUT2D eigenvalue weighted by atomic mass is 19.4. The first kappa shape index (κ1) is 16.1. The van der Waals surface area contributed by atoms with Crippen molar-refractivity contribution in [3.8, 4) is 0 Å². The van der Waals surface area contributed by atoms with Crippen LogP contribution in [-0.4, -0.2) is 5.91 Å². The quantitative estimate of drug-likeness (QED) is 0.860. The zero-order valence-corrected chi connectivity index (χ0v) is 12.0. The van der Waals surface area contributed by atoms with Crippen molar-refractivity contribution in [3.05, 3.63) is 65.7 Å². The van der Waals surface area contributed by atoms with Crippen molar-refractivity contribution in [1.82, 2.24) is 0 Å². The molecule has 2 aromatic carbocycles. The van der Waals surface area contributed by atoms with E-state index in [0.717, 1.165) is 11.6 Å². The highest BCUT2D eigenvalue weighted by molar-refractivity contribution is 5.92. The summed E-state index contributed by atoms with van der Waals surface area (Å²) in [7, 11) is 0. The average Bonchev–Trinajstić information content (AvgIpc) is 2.47. The summed E-state index contributed by atoms with van der Waals surface area (Å²) in [6, 6.07) is 14.4. The molecule has 1 atom stereocenters. The molecule has 0 aliphatic rings. The Balaban J connectivity index is 2.07. The second kappa shape index (κ2) is 6.64. The number of rotatable bonds is 4. The average molecular weight is 307 g/mol. The second-order valence-electron chi connectivity index (χ2n) is 5.11. The van der Waals surface area contributed by atoms with Gasteiger partial charge in [0.2, 0.25) is 5.91 Å². The molecule has 0 heterocycles. The van der Waals surface area contributed by atoms with E-state index in [2.05, 4.69) is 5.32 Å². The van der Waals surface area contributed by atoms with Crippen LogP contribution in [0, 0.1) is 0 Å². The first-order chi connectivity index (χ1) is 10.4. The van der Waals surface area contributed by atoms with Gasteiger partial charge in [-0.2, -0.15) is 13.2 Å². The summed E-state index contributed by atoms with van der Waals surface area (Å²) in [5.74, 6) is -0.507. The van der Waals surface area contributed by atoms with Gasteiger partial charge in [0.05, 0.1) is 11.3 Å². The number of nitrogens with one attached hydrogen (secondary N) is 1. The van der Waals surface area contributed by atoms with Gasteiger partial charge in [-0.15, -0.1) is 0 Å². The van der Waals surface area contributed by atoms with Crippen LogP contribution in [0.5, 0.6) is 0 Å². The van der Waals surface area contributed by atoms with Gasteiger partial charge in [-0.25, -0.2) is 0 Å². The van der Waals surface area contributed by atoms with Crippen LogP contribution in [0.3, 0.4) is 0 Å². The van der Waals surface area contributed by atoms with Crippen molar-refractivity contribution < 1.29 is 18.0 Å². The summed E-state index contributed by atoms with van der Waals surface area (Å²) in [6.07, 6.45) is -4.37.